The fourth-order valence-electron chi connectivity index (χ4n) is 2.87. The minimum atomic E-state index is -0.397. The van der Waals surface area contributed by atoms with Crippen LogP contribution in [0.2, 0.25) is 0 Å². The normalized spacial score (nSPS) is 17.6. The van der Waals surface area contributed by atoms with Crippen LogP contribution in [-0.2, 0) is 6.42 Å². The van der Waals surface area contributed by atoms with Crippen molar-refractivity contribution in [3.8, 4) is 5.75 Å². The molecule has 1 aliphatic heterocycles. The first-order chi connectivity index (χ1) is 10.6. The van der Waals surface area contributed by atoms with Crippen molar-refractivity contribution in [3.05, 3.63) is 67.7 Å². The number of nitrogens with one attached hydrogen (secondary N) is 1. The summed E-state index contributed by atoms with van der Waals surface area (Å²) in [6.07, 6.45) is 0.887. The molecule has 0 saturated carbocycles. The van der Waals surface area contributed by atoms with E-state index < -0.39 is 4.92 Å². The summed E-state index contributed by atoms with van der Waals surface area (Å²) in [7, 11) is 0. The van der Waals surface area contributed by atoms with E-state index in [1.165, 1.54) is 17.7 Å². The second kappa shape index (κ2) is 6.06. The van der Waals surface area contributed by atoms with Gasteiger partial charge in [-0.2, -0.15) is 0 Å². The predicted molar refractivity (Wildman–Crippen MR) is 87.3 cm³/mol. The summed E-state index contributed by atoms with van der Waals surface area (Å²) in [6, 6.07) is 10.4. The van der Waals surface area contributed by atoms with Crippen molar-refractivity contribution in [2.45, 2.75) is 12.3 Å². The van der Waals surface area contributed by atoms with Crippen LogP contribution in [0.5, 0.6) is 5.75 Å². The van der Waals surface area contributed by atoms with Gasteiger partial charge in [0, 0.05) is 24.6 Å². The first kappa shape index (κ1) is 15.0. The Morgan fingerprint density at radius 3 is 2.68 bits per heavy atom. The van der Waals surface area contributed by atoms with Gasteiger partial charge < -0.3 is 10.4 Å². The Balaban J connectivity index is 2.04. The maximum Gasteiger partial charge on any atom is 0.269 e. The number of nitro benzene ring substituents is 1. The number of nitro groups is 1. The molecule has 0 amide bonds. The second-order valence-corrected chi connectivity index (χ2v) is 6.21. The predicted octanol–water partition coefficient (Wildman–Crippen LogP) is 3.34. The van der Waals surface area contributed by atoms with Gasteiger partial charge in [-0.25, -0.2) is 0 Å². The van der Waals surface area contributed by atoms with E-state index in [2.05, 4.69) is 21.2 Å². The minimum Gasteiger partial charge on any atom is -0.507 e. The van der Waals surface area contributed by atoms with Crippen molar-refractivity contribution < 1.29 is 10.0 Å². The molecular weight excluding hydrogens is 348 g/mol. The molecule has 0 radical (unpaired) electrons. The Kier molecular flexibility index (Phi) is 4.13. The molecule has 3 rings (SSSR count). The molecular formula is C16H15BrN2O3. The van der Waals surface area contributed by atoms with E-state index in [4.69, 9.17) is 0 Å². The molecule has 5 nitrogen and oxygen atoms in total. The molecule has 2 aromatic carbocycles. The van der Waals surface area contributed by atoms with Crippen molar-refractivity contribution in [3.63, 3.8) is 0 Å². The van der Waals surface area contributed by atoms with Gasteiger partial charge in [-0.1, -0.05) is 12.1 Å². The van der Waals surface area contributed by atoms with Gasteiger partial charge in [0.1, 0.15) is 5.75 Å². The van der Waals surface area contributed by atoms with E-state index >= 15 is 0 Å². The van der Waals surface area contributed by atoms with Crippen molar-refractivity contribution in [1.82, 2.24) is 5.32 Å². The summed E-state index contributed by atoms with van der Waals surface area (Å²) in [5.74, 6) is 0.282. The van der Waals surface area contributed by atoms with Crippen molar-refractivity contribution in [2.75, 3.05) is 13.1 Å². The molecule has 0 aromatic heterocycles. The van der Waals surface area contributed by atoms with Gasteiger partial charge in [-0.3, -0.25) is 10.1 Å². The van der Waals surface area contributed by atoms with Crippen LogP contribution in [0.3, 0.4) is 0 Å². The molecule has 0 spiro atoms. The highest BCUT2D eigenvalue weighted by molar-refractivity contribution is 9.10. The lowest BCUT2D eigenvalue weighted by Crippen LogP contribution is -2.20. The molecule has 2 aromatic rings. The highest BCUT2D eigenvalue weighted by atomic mass is 79.9. The molecule has 1 unspecified atom stereocenters. The average Bonchev–Trinajstić information content (AvgIpc) is 2.70. The first-order valence-electron chi connectivity index (χ1n) is 7.02. The topological polar surface area (TPSA) is 75.4 Å². The van der Waals surface area contributed by atoms with Gasteiger partial charge in [-0.05, 0) is 57.7 Å². The monoisotopic (exact) mass is 362 g/mol. The Morgan fingerprint density at radius 1 is 1.27 bits per heavy atom. The quantitative estimate of drug-likeness (QED) is 0.634. The van der Waals surface area contributed by atoms with E-state index in [9.17, 15) is 15.2 Å². The standard InChI is InChI=1S/C16H15BrN2O3/c17-15-7-11-5-6-18-9-14(13(11)8-16(15)20)10-1-3-12(4-2-10)19(21)22/h1-4,7-8,14,18,20H,5-6,9H2. The lowest BCUT2D eigenvalue weighted by atomic mass is 9.88. The summed E-state index contributed by atoms with van der Waals surface area (Å²) < 4.78 is 0.690. The molecule has 0 bridgehead atoms. The maximum absolute atomic E-state index is 10.8. The third-order valence-corrected chi connectivity index (χ3v) is 4.65. The molecule has 1 heterocycles. The zero-order valence-electron chi connectivity index (χ0n) is 11.8. The second-order valence-electron chi connectivity index (χ2n) is 5.36. The maximum atomic E-state index is 10.8. The molecule has 0 fully saturated rings. The van der Waals surface area contributed by atoms with Crippen LogP contribution in [0, 0.1) is 10.1 Å². The van der Waals surface area contributed by atoms with E-state index in [-0.39, 0.29) is 17.4 Å². The summed E-state index contributed by atoms with van der Waals surface area (Å²) in [6.45, 7) is 1.61. The number of fused-ring (bicyclic) bond motifs is 1. The van der Waals surface area contributed by atoms with Crippen molar-refractivity contribution >= 4 is 21.6 Å². The van der Waals surface area contributed by atoms with Gasteiger partial charge >= 0.3 is 0 Å². The number of rotatable bonds is 2. The van der Waals surface area contributed by atoms with E-state index in [1.807, 2.05) is 6.07 Å². The number of non-ortho nitro benzene ring substituents is 1. The third-order valence-electron chi connectivity index (χ3n) is 4.01. The highest BCUT2D eigenvalue weighted by Crippen LogP contribution is 2.36. The zero-order chi connectivity index (χ0) is 15.7. The Morgan fingerprint density at radius 2 is 2.00 bits per heavy atom. The lowest BCUT2D eigenvalue weighted by molar-refractivity contribution is -0.384. The number of phenolic OH excluding ortho intramolecular Hbond substituents is 1. The number of aromatic hydroxyl groups is 1. The smallest absolute Gasteiger partial charge is 0.269 e. The SMILES string of the molecule is O=[N+]([O-])c1ccc(C2CNCCc3cc(Br)c(O)cc32)cc1. The van der Waals surface area contributed by atoms with Gasteiger partial charge in [0.2, 0.25) is 0 Å². The molecule has 2 N–H and O–H groups in total. The van der Waals surface area contributed by atoms with Crippen LogP contribution in [0.4, 0.5) is 5.69 Å². The van der Waals surface area contributed by atoms with Crippen LogP contribution >= 0.6 is 15.9 Å². The summed E-state index contributed by atoms with van der Waals surface area (Å²) in [5, 5.41) is 24.2. The Labute approximate surface area is 136 Å². The Hall–Kier alpha value is -1.92. The lowest BCUT2D eigenvalue weighted by Gasteiger charge is -2.19. The average molecular weight is 363 g/mol. The summed E-state index contributed by atoms with van der Waals surface area (Å²) >= 11 is 3.36. The van der Waals surface area contributed by atoms with Gasteiger partial charge in [0.15, 0.2) is 0 Å². The molecule has 22 heavy (non-hydrogen) atoms. The molecule has 114 valence electrons. The zero-order valence-corrected chi connectivity index (χ0v) is 13.3. The summed E-state index contributed by atoms with van der Waals surface area (Å²) in [4.78, 5) is 10.4. The van der Waals surface area contributed by atoms with Gasteiger partial charge in [0.05, 0.1) is 9.40 Å². The fourth-order valence-corrected chi connectivity index (χ4v) is 3.26. The number of nitrogens with zero attached hydrogens (tertiary/aromatic N) is 1. The third kappa shape index (κ3) is 2.84. The minimum absolute atomic E-state index is 0.0669. The first-order valence-corrected chi connectivity index (χ1v) is 7.82. The fraction of sp³-hybridized carbons (Fsp3) is 0.250. The highest BCUT2D eigenvalue weighted by Gasteiger charge is 2.22. The van der Waals surface area contributed by atoms with Crippen LogP contribution in [0.15, 0.2) is 40.9 Å². The van der Waals surface area contributed by atoms with Gasteiger partial charge in [0.25, 0.3) is 5.69 Å². The van der Waals surface area contributed by atoms with E-state index in [0.717, 1.165) is 30.6 Å². The number of benzene rings is 2. The number of phenols is 1. The van der Waals surface area contributed by atoms with Crippen LogP contribution in [0.1, 0.15) is 22.6 Å². The molecule has 1 aliphatic rings. The largest absolute Gasteiger partial charge is 0.507 e. The van der Waals surface area contributed by atoms with Crippen LogP contribution in [0.25, 0.3) is 0 Å². The number of hydrogen-bond acceptors (Lipinski definition) is 4. The molecule has 6 heteroatoms. The molecule has 0 saturated heterocycles. The summed E-state index contributed by atoms with van der Waals surface area (Å²) in [5.41, 5.74) is 3.34. The molecule has 1 atom stereocenters. The molecule has 0 aliphatic carbocycles. The Bertz CT molecular complexity index is 716. The van der Waals surface area contributed by atoms with Crippen molar-refractivity contribution in [1.29, 1.82) is 0 Å². The van der Waals surface area contributed by atoms with Crippen LogP contribution in [-0.4, -0.2) is 23.1 Å². The number of hydrogen-bond donors (Lipinski definition) is 2. The van der Waals surface area contributed by atoms with Crippen LogP contribution < -0.4 is 5.32 Å². The van der Waals surface area contributed by atoms with Gasteiger partial charge in [-0.15, -0.1) is 0 Å². The van der Waals surface area contributed by atoms with E-state index in [1.54, 1.807) is 18.2 Å². The van der Waals surface area contributed by atoms with E-state index in [0.29, 0.717) is 4.47 Å². The van der Waals surface area contributed by atoms with Crippen molar-refractivity contribution in [2.24, 2.45) is 0 Å². The number of halogens is 1.